The summed E-state index contributed by atoms with van der Waals surface area (Å²) < 4.78 is 10.2. The van der Waals surface area contributed by atoms with Gasteiger partial charge in [-0.2, -0.15) is 0 Å². The van der Waals surface area contributed by atoms with Crippen LogP contribution in [0.3, 0.4) is 0 Å². The van der Waals surface area contributed by atoms with E-state index in [1.165, 1.54) is 7.11 Å². The summed E-state index contributed by atoms with van der Waals surface area (Å²) in [6.45, 7) is 7.22. The number of rotatable bonds is 6. The van der Waals surface area contributed by atoms with Crippen molar-refractivity contribution < 1.29 is 24.2 Å². The fraction of sp³-hybridized carbons (Fsp3) is 0.579. The van der Waals surface area contributed by atoms with Gasteiger partial charge in [0.05, 0.1) is 13.0 Å². The van der Waals surface area contributed by atoms with Crippen LogP contribution in [0.1, 0.15) is 36.5 Å². The first-order valence-electron chi connectivity index (χ1n) is 8.58. The van der Waals surface area contributed by atoms with Gasteiger partial charge in [0, 0.05) is 19.1 Å². The predicted octanol–water partition coefficient (Wildman–Crippen LogP) is 2.54. The van der Waals surface area contributed by atoms with Crippen molar-refractivity contribution in [2.24, 2.45) is 5.92 Å². The summed E-state index contributed by atoms with van der Waals surface area (Å²) in [6, 6.07) is 4.44. The van der Waals surface area contributed by atoms with E-state index in [1.54, 1.807) is 0 Å². The Morgan fingerprint density at radius 3 is 2.44 bits per heavy atom. The Hall–Kier alpha value is -2.08. The number of nitrogens with zero attached hydrogens (tertiary/aromatic N) is 1. The third-order valence-electron chi connectivity index (χ3n) is 4.83. The Balaban J connectivity index is 2.09. The second kappa shape index (κ2) is 8.34. The molecule has 6 nitrogen and oxygen atoms in total. The molecule has 0 aromatic heterocycles. The van der Waals surface area contributed by atoms with Crippen LogP contribution < -0.4 is 4.74 Å². The fourth-order valence-corrected chi connectivity index (χ4v) is 3.38. The van der Waals surface area contributed by atoms with E-state index in [-0.39, 0.29) is 12.5 Å². The number of piperidine rings is 1. The predicted molar refractivity (Wildman–Crippen MR) is 93.7 cm³/mol. The number of ether oxygens (including phenoxy) is 2. The molecule has 0 bridgehead atoms. The van der Waals surface area contributed by atoms with Crippen LogP contribution in [0.25, 0.3) is 0 Å². The van der Waals surface area contributed by atoms with Gasteiger partial charge in [0.25, 0.3) is 0 Å². The van der Waals surface area contributed by atoms with E-state index in [4.69, 9.17) is 4.74 Å². The maximum absolute atomic E-state index is 11.3. The van der Waals surface area contributed by atoms with Crippen LogP contribution in [-0.2, 0) is 20.9 Å². The Labute approximate surface area is 148 Å². The zero-order valence-corrected chi connectivity index (χ0v) is 15.4. The molecule has 6 heteroatoms. The Morgan fingerprint density at radius 1 is 1.24 bits per heavy atom. The van der Waals surface area contributed by atoms with Gasteiger partial charge >= 0.3 is 11.9 Å². The van der Waals surface area contributed by atoms with Gasteiger partial charge in [-0.15, -0.1) is 0 Å². The van der Waals surface area contributed by atoms with E-state index in [2.05, 4.69) is 16.6 Å². The number of esters is 1. The number of likely N-dealkylation sites (tertiary alicyclic amines) is 1. The molecule has 1 fully saturated rings. The normalized spacial score (nSPS) is 21.0. The number of carbonyl (C=O) groups excluding carboxylic acids is 1. The topological polar surface area (TPSA) is 76.1 Å². The second-order valence-electron chi connectivity index (χ2n) is 6.81. The molecule has 1 aliphatic rings. The standard InChI is InChI=1S/C19H27NO5/c1-12-7-15(8-13(2)18(12)25-11-17(21)24-4)9-20-10-16(19(22)23)6-5-14(20)3/h7-8,14,16H,5-6,9-11H2,1-4H3,(H,22,23). The highest BCUT2D eigenvalue weighted by atomic mass is 16.6. The van der Waals surface area contributed by atoms with Gasteiger partial charge in [-0.3, -0.25) is 9.69 Å². The molecule has 0 amide bonds. The molecule has 0 radical (unpaired) electrons. The lowest BCUT2D eigenvalue weighted by Gasteiger charge is -2.36. The summed E-state index contributed by atoms with van der Waals surface area (Å²) >= 11 is 0. The lowest BCUT2D eigenvalue weighted by molar-refractivity contribution is -0.144. The molecule has 2 rings (SSSR count). The molecule has 1 heterocycles. The molecular weight excluding hydrogens is 322 g/mol. The minimum atomic E-state index is -0.712. The third kappa shape index (κ3) is 4.95. The summed E-state index contributed by atoms with van der Waals surface area (Å²) in [5, 5.41) is 9.28. The van der Waals surface area contributed by atoms with Gasteiger partial charge in [0.15, 0.2) is 6.61 Å². The van der Waals surface area contributed by atoms with Gasteiger partial charge in [0.1, 0.15) is 5.75 Å². The van der Waals surface area contributed by atoms with E-state index in [1.807, 2.05) is 26.0 Å². The molecule has 1 aliphatic heterocycles. The molecule has 0 aliphatic carbocycles. The van der Waals surface area contributed by atoms with Crippen molar-refractivity contribution in [1.29, 1.82) is 0 Å². The number of aryl methyl sites for hydroxylation is 2. The number of carboxylic acid groups (broad SMARTS) is 1. The van der Waals surface area contributed by atoms with Crippen molar-refractivity contribution in [2.75, 3.05) is 20.3 Å². The van der Waals surface area contributed by atoms with Crippen molar-refractivity contribution >= 4 is 11.9 Å². The van der Waals surface area contributed by atoms with Crippen molar-refractivity contribution in [1.82, 2.24) is 4.90 Å². The zero-order valence-electron chi connectivity index (χ0n) is 15.4. The van der Waals surface area contributed by atoms with Crippen LogP contribution in [-0.4, -0.2) is 48.2 Å². The SMILES string of the molecule is COC(=O)COc1c(C)cc(CN2CC(C(=O)O)CCC2C)cc1C. The van der Waals surface area contributed by atoms with Crippen molar-refractivity contribution in [2.45, 2.75) is 46.2 Å². The van der Waals surface area contributed by atoms with Gasteiger partial charge in [-0.1, -0.05) is 12.1 Å². The minimum Gasteiger partial charge on any atom is -0.481 e. The monoisotopic (exact) mass is 349 g/mol. The quantitative estimate of drug-likeness (QED) is 0.796. The zero-order chi connectivity index (χ0) is 18.6. The Kier molecular flexibility index (Phi) is 6.42. The molecule has 1 aromatic carbocycles. The van der Waals surface area contributed by atoms with E-state index >= 15 is 0 Å². The highest BCUT2D eigenvalue weighted by Gasteiger charge is 2.29. The minimum absolute atomic E-state index is 0.110. The molecule has 2 atom stereocenters. The van der Waals surface area contributed by atoms with Gasteiger partial charge in [-0.05, 0) is 50.3 Å². The highest BCUT2D eigenvalue weighted by molar-refractivity contribution is 5.71. The van der Waals surface area contributed by atoms with Crippen LogP contribution in [0.4, 0.5) is 0 Å². The van der Waals surface area contributed by atoms with Gasteiger partial charge < -0.3 is 14.6 Å². The molecule has 138 valence electrons. The van der Waals surface area contributed by atoms with E-state index < -0.39 is 11.9 Å². The fourth-order valence-electron chi connectivity index (χ4n) is 3.38. The Morgan fingerprint density at radius 2 is 1.88 bits per heavy atom. The molecule has 1 N–H and O–H groups in total. The first-order valence-corrected chi connectivity index (χ1v) is 8.58. The third-order valence-corrected chi connectivity index (χ3v) is 4.83. The largest absolute Gasteiger partial charge is 0.481 e. The lowest BCUT2D eigenvalue weighted by atomic mass is 9.93. The number of aliphatic carboxylic acids is 1. The molecular formula is C19H27NO5. The van der Waals surface area contributed by atoms with Crippen molar-refractivity contribution in [3.63, 3.8) is 0 Å². The van der Waals surface area contributed by atoms with Gasteiger partial charge in [-0.25, -0.2) is 4.79 Å². The molecule has 25 heavy (non-hydrogen) atoms. The summed E-state index contributed by atoms with van der Waals surface area (Å²) in [5.41, 5.74) is 3.04. The first-order chi connectivity index (χ1) is 11.8. The first kappa shape index (κ1) is 19.2. The average molecular weight is 349 g/mol. The summed E-state index contributed by atoms with van der Waals surface area (Å²) in [7, 11) is 1.33. The van der Waals surface area contributed by atoms with Crippen LogP contribution in [0.15, 0.2) is 12.1 Å². The summed E-state index contributed by atoms with van der Waals surface area (Å²) in [5.74, 6) is -0.717. The summed E-state index contributed by atoms with van der Waals surface area (Å²) in [6.07, 6.45) is 1.64. The van der Waals surface area contributed by atoms with Gasteiger partial charge in [0.2, 0.25) is 0 Å². The molecule has 2 unspecified atom stereocenters. The number of carbonyl (C=O) groups is 2. The highest BCUT2D eigenvalue weighted by Crippen LogP contribution is 2.28. The van der Waals surface area contributed by atoms with Crippen molar-refractivity contribution in [3.8, 4) is 5.75 Å². The average Bonchev–Trinajstić information content (AvgIpc) is 2.55. The molecule has 0 spiro atoms. The number of methoxy groups -OCH3 is 1. The molecule has 0 saturated carbocycles. The molecule has 1 aromatic rings. The number of carboxylic acids is 1. The smallest absolute Gasteiger partial charge is 0.343 e. The number of hydrogen-bond donors (Lipinski definition) is 1. The second-order valence-corrected chi connectivity index (χ2v) is 6.81. The van der Waals surface area contributed by atoms with Crippen LogP contribution >= 0.6 is 0 Å². The number of hydrogen-bond acceptors (Lipinski definition) is 5. The van der Waals surface area contributed by atoms with Crippen LogP contribution in [0, 0.1) is 19.8 Å². The van der Waals surface area contributed by atoms with E-state index in [0.717, 1.165) is 29.5 Å². The maximum atomic E-state index is 11.3. The van der Waals surface area contributed by atoms with Crippen molar-refractivity contribution in [3.05, 3.63) is 28.8 Å². The molecule has 1 saturated heterocycles. The van der Waals surface area contributed by atoms with E-state index in [0.29, 0.717) is 24.9 Å². The summed E-state index contributed by atoms with van der Waals surface area (Å²) in [4.78, 5) is 24.8. The Bertz CT molecular complexity index is 620. The maximum Gasteiger partial charge on any atom is 0.343 e. The lowest BCUT2D eigenvalue weighted by Crippen LogP contribution is -2.43. The number of benzene rings is 1. The van der Waals surface area contributed by atoms with Crippen LogP contribution in [0.2, 0.25) is 0 Å². The van der Waals surface area contributed by atoms with Crippen LogP contribution in [0.5, 0.6) is 5.75 Å². The van der Waals surface area contributed by atoms with E-state index in [9.17, 15) is 14.7 Å².